The Bertz CT molecular complexity index is 367. The first-order chi connectivity index (χ1) is 8.33. The van der Waals surface area contributed by atoms with Crippen LogP contribution in [0.15, 0.2) is 24.3 Å². The van der Waals surface area contributed by atoms with Crippen LogP contribution in [0.5, 0.6) is 5.75 Å². The van der Waals surface area contributed by atoms with Crippen LogP contribution in [-0.4, -0.2) is 13.7 Å². The molecule has 0 heterocycles. The zero-order chi connectivity index (χ0) is 12.5. The summed E-state index contributed by atoms with van der Waals surface area (Å²) in [5, 5.41) is 3.48. The van der Waals surface area contributed by atoms with Gasteiger partial charge in [-0.05, 0) is 25.5 Å². The Morgan fingerprint density at radius 3 is 2.82 bits per heavy atom. The number of hydrogen-bond acceptors (Lipinski definition) is 2. The summed E-state index contributed by atoms with van der Waals surface area (Å²) in [6.07, 6.45) is 8.19. The van der Waals surface area contributed by atoms with Crippen LogP contribution in [0.4, 0.5) is 0 Å². The molecule has 0 bridgehead atoms. The highest BCUT2D eigenvalue weighted by Crippen LogP contribution is 2.28. The van der Waals surface area contributed by atoms with Crippen LogP contribution < -0.4 is 10.1 Å². The summed E-state index contributed by atoms with van der Waals surface area (Å²) in [4.78, 5) is 0. The largest absolute Gasteiger partial charge is 0.496 e. The lowest BCUT2D eigenvalue weighted by atomic mass is 10.00. The predicted molar refractivity (Wildman–Crippen MR) is 72.1 cm³/mol. The molecule has 1 aromatic carbocycles. The number of terminal acetylenes is 1. The molecule has 0 aliphatic carbocycles. The third-order valence-corrected chi connectivity index (χ3v) is 2.78. The van der Waals surface area contributed by atoms with Gasteiger partial charge in [0.15, 0.2) is 0 Å². The predicted octanol–water partition coefficient (Wildman–Crippen LogP) is 3.15. The Labute approximate surface area is 104 Å². The van der Waals surface area contributed by atoms with Crippen LogP contribution in [0.2, 0.25) is 0 Å². The molecule has 92 valence electrons. The number of rotatable bonds is 7. The van der Waals surface area contributed by atoms with Crippen LogP contribution in [0, 0.1) is 12.3 Å². The fourth-order valence-corrected chi connectivity index (χ4v) is 1.98. The van der Waals surface area contributed by atoms with Gasteiger partial charge in [0.05, 0.1) is 7.11 Å². The molecule has 2 nitrogen and oxygen atoms in total. The highest BCUT2D eigenvalue weighted by Gasteiger charge is 2.13. The van der Waals surface area contributed by atoms with E-state index in [0.29, 0.717) is 6.04 Å². The summed E-state index contributed by atoms with van der Waals surface area (Å²) in [6.45, 7) is 3.06. The molecule has 0 aliphatic heterocycles. The highest BCUT2D eigenvalue weighted by atomic mass is 16.5. The van der Waals surface area contributed by atoms with E-state index in [-0.39, 0.29) is 0 Å². The second-order valence-electron chi connectivity index (χ2n) is 3.95. The van der Waals surface area contributed by atoms with E-state index in [4.69, 9.17) is 11.2 Å². The molecule has 0 saturated heterocycles. The topological polar surface area (TPSA) is 21.3 Å². The first-order valence-corrected chi connectivity index (χ1v) is 6.13. The van der Waals surface area contributed by atoms with Crippen LogP contribution in [0.1, 0.15) is 37.8 Å². The maximum atomic E-state index is 5.40. The summed E-state index contributed by atoms with van der Waals surface area (Å²) < 4.78 is 5.40. The van der Waals surface area contributed by atoms with Gasteiger partial charge in [-0.1, -0.05) is 25.1 Å². The van der Waals surface area contributed by atoms with Gasteiger partial charge in [0.1, 0.15) is 5.75 Å². The molecule has 0 saturated carbocycles. The number of hydrogen-bond donors (Lipinski definition) is 1. The minimum atomic E-state index is 0.324. The molecule has 1 atom stereocenters. The maximum absolute atomic E-state index is 5.40. The lowest BCUT2D eigenvalue weighted by molar-refractivity contribution is 0.395. The Kier molecular flexibility index (Phi) is 6.21. The third kappa shape index (κ3) is 4.13. The van der Waals surface area contributed by atoms with Gasteiger partial charge in [-0.2, -0.15) is 0 Å². The second kappa shape index (κ2) is 7.76. The van der Waals surface area contributed by atoms with E-state index < -0.39 is 0 Å². The molecule has 2 heteroatoms. The zero-order valence-electron chi connectivity index (χ0n) is 10.7. The van der Waals surface area contributed by atoms with Crippen LogP contribution in [-0.2, 0) is 0 Å². The van der Waals surface area contributed by atoms with Crippen molar-refractivity contribution in [3.63, 3.8) is 0 Å². The molecule has 0 radical (unpaired) electrons. The number of para-hydroxylation sites is 1. The van der Waals surface area contributed by atoms with E-state index in [2.05, 4.69) is 24.2 Å². The summed E-state index contributed by atoms with van der Waals surface area (Å²) in [5.74, 6) is 3.63. The average molecular weight is 231 g/mol. The minimum Gasteiger partial charge on any atom is -0.496 e. The van der Waals surface area contributed by atoms with Crippen molar-refractivity contribution >= 4 is 0 Å². The van der Waals surface area contributed by atoms with Crippen molar-refractivity contribution in [3.8, 4) is 18.1 Å². The van der Waals surface area contributed by atoms with Crippen molar-refractivity contribution in [2.45, 2.75) is 32.2 Å². The molecule has 1 unspecified atom stereocenters. The minimum absolute atomic E-state index is 0.324. The fraction of sp³-hybridized carbons (Fsp3) is 0.467. The Balaban J connectivity index is 2.77. The van der Waals surface area contributed by atoms with Gasteiger partial charge in [0.2, 0.25) is 0 Å². The molecule has 1 rings (SSSR count). The van der Waals surface area contributed by atoms with E-state index >= 15 is 0 Å². The molecule has 17 heavy (non-hydrogen) atoms. The standard InChI is InChI=1S/C15H21NO/c1-4-6-7-11-14(16-5-2)13-10-8-9-12-15(13)17-3/h1,8-10,12,14,16H,5-7,11H2,2-3H3. The van der Waals surface area contributed by atoms with Gasteiger partial charge < -0.3 is 10.1 Å². The number of benzene rings is 1. The van der Waals surface area contributed by atoms with Crippen molar-refractivity contribution in [2.75, 3.05) is 13.7 Å². The smallest absolute Gasteiger partial charge is 0.123 e. The van der Waals surface area contributed by atoms with Gasteiger partial charge in [-0.3, -0.25) is 0 Å². The van der Waals surface area contributed by atoms with Crippen LogP contribution in [0.25, 0.3) is 0 Å². The van der Waals surface area contributed by atoms with Crippen molar-refractivity contribution < 1.29 is 4.74 Å². The first kappa shape index (κ1) is 13.6. The first-order valence-electron chi connectivity index (χ1n) is 6.13. The van der Waals surface area contributed by atoms with Crippen molar-refractivity contribution in [2.24, 2.45) is 0 Å². The Morgan fingerprint density at radius 2 is 2.18 bits per heavy atom. The quantitative estimate of drug-likeness (QED) is 0.575. The van der Waals surface area contributed by atoms with Gasteiger partial charge in [0.25, 0.3) is 0 Å². The summed E-state index contributed by atoms with van der Waals surface area (Å²) in [7, 11) is 1.71. The molecule has 0 aromatic heterocycles. The van der Waals surface area contributed by atoms with E-state index in [1.165, 1.54) is 5.56 Å². The van der Waals surface area contributed by atoms with Crippen molar-refractivity contribution in [1.82, 2.24) is 5.32 Å². The monoisotopic (exact) mass is 231 g/mol. The van der Waals surface area contributed by atoms with Gasteiger partial charge in [0, 0.05) is 18.0 Å². The van der Waals surface area contributed by atoms with Gasteiger partial charge in [-0.15, -0.1) is 12.3 Å². The molecule has 1 aromatic rings. The Morgan fingerprint density at radius 1 is 1.41 bits per heavy atom. The SMILES string of the molecule is C#CCCCC(NCC)c1ccccc1OC. The average Bonchev–Trinajstić information content (AvgIpc) is 2.38. The molecule has 1 N–H and O–H groups in total. The molecular weight excluding hydrogens is 210 g/mol. The summed E-state index contributed by atoms with van der Waals surface area (Å²) in [5.41, 5.74) is 1.22. The molecule has 0 spiro atoms. The molecule has 0 aliphatic rings. The van der Waals surface area contributed by atoms with E-state index in [9.17, 15) is 0 Å². The molecular formula is C15H21NO. The van der Waals surface area contributed by atoms with Crippen LogP contribution in [0.3, 0.4) is 0 Å². The third-order valence-electron chi connectivity index (χ3n) is 2.78. The number of ether oxygens (including phenoxy) is 1. The zero-order valence-corrected chi connectivity index (χ0v) is 10.7. The number of methoxy groups -OCH3 is 1. The van der Waals surface area contributed by atoms with E-state index in [0.717, 1.165) is 31.6 Å². The normalized spacial score (nSPS) is 11.8. The molecule has 0 amide bonds. The number of unbranched alkanes of at least 4 members (excludes halogenated alkanes) is 1. The Hall–Kier alpha value is -1.46. The van der Waals surface area contributed by atoms with Crippen molar-refractivity contribution in [3.05, 3.63) is 29.8 Å². The lowest BCUT2D eigenvalue weighted by Gasteiger charge is -2.20. The second-order valence-corrected chi connectivity index (χ2v) is 3.95. The van der Waals surface area contributed by atoms with Crippen molar-refractivity contribution in [1.29, 1.82) is 0 Å². The van der Waals surface area contributed by atoms with Gasteiger partial charge >= 0.3 is 0 Å². The maximum Gasteiger partial charge on any atom is 0.123 e. The highest BCUT2D eigenvalue weighted by molar-refractivity contribution is 5.35. The lowest BCUT2D eigenvalue weighted by Crippen LogP contribution is -2.21. The van der Waals surface area contributed by atoms with E-state index in [1.807, 2.05) is 18.2 Å². The fourth-order valence-electron chi connectivity index (χ4n) is 1.98. The molecule has 0 fully saturated rings. The van der Waals surface area contributed by atoms with Gasteiger partial charge in [-0.25, -0.2) is 0 Å². The summed E-state index contributed by atoms with van der Waals surface area (Å²) in [6, 6.07) is 8.48. The van der Waals surface area contributed by atoms with E-state index in [1.54, 1.807) is 7.11 Å². The van der Waals surface area contributed by atoms with Crippen LogP contribution >= 0.6 is 0 Å². The number of nitrogens with one attached hydrogen (secondary N) is 1. The summed E-state index contributed by atoms with van der Waals surface area (Å²) >= 11 is 0.